The number of carboxylic acid groups (broad SMARTS) is 1. The van der Waals surface area contributed by atoms with E-state index in [0.717, 1.165) is 26.6 Å². The van der Waals surface area contributed by atoms with Crippen molar-refractivity contribution in [1.82, 2.24) is 4.90 Å². The number of thiophene rings is 1. The zero-order chi connectivity index (χ0) is 25.7. The van der Waals surface area contributed by atoms with Gasteiger partial charge in [0.2, 0.25) is 0 Å². The molecule has 1 atom stereocenters. The van der Waals surface area contributed by atoms with Gasteiger partial charge >= 0.3 is 5.97 Å². The molecule has 1 N–H and O–H groups in total. The van der Waals surface area contributed by atoms with Gasteiger partial charge in [-0.1, -0.05) is 65.7 Å². The van der Waals surface area contributed by atoms with Crippen LogP contribution in [0.15, 0.2) is 84.9 Å². The molecular formula is C28H23Cl2NO4S. The molecule has 4 aromatic rings. The Labute approximate surface area is 223 Å². The predicted molar refractivity (Wildman–Crippen MR) is 144 cm³/mol. The minimum Gasteiger partial charge on any atom is -0.497 e. The SMILES string of the molecule is COc1cccc(-c2ccc(CN(C(=O)c3ccc(Cl)cc3Cl)[C@@H](Cc3ccccc3)C(=O)O)s2)c1. The molecule has 1 amide bonds. The number of hydrogen-bond acceptors (Lipinski definition) is 4. The predicted octanol–water partition coefficient (Wildman–Crippen LogP) is 7.07. The van der Waals surface area contributed by atoms with Crippen molar-refractivity contribution in [3.63, 3.8) is 0 Å². The molecule has 1 aromatic heterocycles. The lowest BCUT2D eigenvalue weighted by atomic mass is 10.0. The van der Waals surface area contributed by atoms with E-state index in [1.54, 1.807) is 13.2 Å². The third kappa shape index (κ3) is 6.08. The minimum absolute atomic E-state index is 0.107. The van der Waals surface area contributed by atoms with Crippen LogP contribution in [-0.2, 0) is 17.8 Å². The Morgan fingerprint density at radius 2 is 1.75 bits per heavy atom. The molecule has 3 aromatic carbocycles. The van der Waals surface area contributed by atoms with Crippen molar-refractivity contribution in [3.8, 4) is 16.2 Å². The van der Waals surface area contributed by atoms with Crippen molar-refractivity contribution in [2.24, 2.45) is 0 Å². The van der Waals surface area contributed by atoms with Crippen LogP contribution < -0.4 is 4.74 Å². The number of halogens is 2. The molecule has 0 saturated carbocycles. The topological polar surface area (TPSA) is 66.8 Å². The molecule has 0 saturated heterocycles. The highest BCUT2D eigenvalue weighted by Gasteiger charge is 2.32. The van der Waals surface area contributed by atoms with Gasteiger partial charge in [-0.05, 0) is 53.6 Å². The number of benzene rings is 3. The fourth-order valence-corrected chi connectivity index (χ4v) is 5.36. The van der Waals surface area contributed by atoms with E-state index in [0.29, 0.717) is 5.02 Å². The minimum atomic E-state index is -1.10. The molecule has 4 rings (SSSR count). The molecule has 0 fully saturated rings. The summed E-state index contributed by atoms with van der Waals surface area (Å²) < 4.78 is 5.33. The maximum atomic E-state index is 13.7. The van der Waals surface area contributed by atoms with Crippen LogP contribution in [0.25, 0.3) is 10.4 Å². The van der Waals surface area contributed by atoms with Crippen LogP contribution >= 0.6 is 34.5 Å². The van der Waals surface area contributed by atoms with Crippen molar-refractivity contribution in [1.29, 1.82) is 0 Å². The van der Waals surface area contributed by atoms with E-state index in [2.05, 4.69) is 0 Å². The summed E-state index contributed by atoms with van der Waals surface area (Å²) in [5, 5.41) is 10.7. The van der Waals surface area contributed by atoms with Gasteiger partial charge in [-0.2, -0.15) is 0 Å². The average molecular weight is 540 g/mol. The lowest BCUT2D eigenvalue weighted by molar-refractivity contribution is -0.142. The van der Waals surface area contributed by atoms with Gasteiger partial charge in [0.05, 0.1) is 24.2 Å². The summed E-state index contributed by atoms with van der Waals surface area (Å²) in [7, 11) is 1.61. The van der Waals surface area contributed by atoms with E-state index >= 15 is 0 Å². The lowest BCUT2D eigenvalue weighted by Gasteiger charge is -2.29. The van der Waals surface area contributed by atoms with E-state index in [-0.39, 0.29) is 23.6 Å². The van der Waals surface area contributed by atoms with Crippen molar-refractivity contribution < 1.29 is 19.4 Å². The number of hydrogen-bond donors (Lipinski definition) is 1. The number of ether oxygens (including phenoxy) is 1. The smallest absolute Gasteiger partial charge is 0.326 e. The Hall–Kier alpha value is -3.32. The first-order chi connectivity index (χ1) is 17.4. The van der Waals surface area contributed by atoms with Gasteiger partial charge in [-0.25, -0.2) is 4.79 Å². The van der Waals surface area contributed by atoms with Crippen molar-refractivity contribution in [2.45, 2.75) is 19.0 Å². The van der Waals surface area contributed by atoms with Gasteiger partial charge in [-0.15, -0.1) is 11.3 Å². The summed E-state index contributed by atoms with van der Waals surface area (Å²) in [5.41, 5.74) is 1.99. The fourth-order valence-electron chi connectivity index (χ4n) is 3.87. The Kier molecular flexibility index (Phi) is 8.31. The summed E-state index contributed by atoms with van der Waals surface area (Å²) in [6.07, 6.45) is 0.154. The molecule has 0 unspecified atom stereocenters. The van der Waals surface area contributed by atoms with Crippen LogP contribution in [0.5, 0.6) is 5.75 Å². The number of carbonyl (C=O) groups is 2. The van der Waals surface area contributed by atoms with Crippen LogP contribution in [-0.4, -0.2) is 35.0 Å². The van der Waals surface area contributed by atoms with Crippen LogP contribution in [0.4, 0.5) is 0 Å². The highest BCUT2D eigenvalue weighted by atomic mass is 35.5. The first-order valence-electron chi connectivity index (χ1n) is 11.1. The highest BCUT2D eigenvalue weighted by molar-refractivity contribution is 7.15. The van der Waals surface area contributed by atoms with Gasteiger partial charge in [0.25, 0.3) is 5.91 Å². The quantitative estimate of drug-likeness (QED) is 0.247. The van der Waals surface area contributed by atoms with Crippen LogP contribution in [0.1, 0.15) is 20.8 Å². The standard InChI is InChI=1S/C28H23Cl2NO4S/c1-35-21-9-5-8-19(15-21)26-13-11-22(36-26)17-31(27(32)23-12-10-20(29)16-24(23)30)25(28(33)34)14-18-6-3-2-4-7-18/h2-13,15-16,25H,14,17H2,1H3,(H,33,34)/t25-/m0/s1. The second-order valence-corrected chi connectivity index (χ2v) is 10.1. The Morgan fingerprint density at radius 3 is 2.44 bits per heavy atom. The number of nitrogens with zero attached hydrogens (tertiary/aromatic N) is 1. The van der Waals surface area contributed by atoms with E-state index in [4.69, 9.17) is 27.9 Å². The molecule has 36 heavy (non-hydrogen) atoms. The summed E-state index contributed by atoms with van der Waals surface area (Å²) in [6.45, 7) is 0.107. The molecule has 0 aliphatic carbocycles. The number of rotatable bonds is 9. The van der Waals surface area contributed by atoms with Gasteiger partial charge in [0, 0.05) is 21.2 Å². The van der Waals surface area contributed by atoms with Gasteiger partial charge in [-0.3, -0.25) is 4.79 Å². The summed E-state index contributed by atoms with van der Waals surface area (Å²) >= 11 is 13.9. The second kappa shape index (κ2) is 11.6. The third-order valence-electron chi connectivity index (χ3n) is 5.70. The van der Waals surface area contributed by atoms with Gasteiger partial charge < -0.3 is 14.7 Å². The van der Waals surface area contributed by atoms with Gasteiger partial charge in [0.15, 0.2) is 0 Å². The number of amides is 1. The van der Waals surface area contributed by atoms with Crippen molar-refractivity contribution in [2.75, 3.05) is 7.11 Å². The van der Waals surface area contributed by atoms with Gasteiger partial charge in [0.1, 0.15) is 11.8 Å². The molecular weight excluding hydrogens is 517 g/mol. The molecule has 0 spiro atoms. The molecule has 0 aliphatic heterocycles. The van der Waals surface area contributed by atoms with Crippen molar-refractivity contribution in [3.05, 3.63) is 111 Å². The molecule has 184 valence electrons. The largest absolute Gasteiger partial charge is 0.497 e. The Bertz CT molecular complexity index is 1370. The fraction of sp³-hybridized carbons (Fsp3) is 0.143. The van der Waals surface area contributed by atoms with Crippen LogP contribution in [0.2, 0.25) is 10.0 Å². The van der Waals surface area contributed by atoms with E-state index in [1.165, 1.54) is 28.4 Å². The van der Waals surface area contributed by atoms with Crippen molar-refractivity contribution >= 4 is 46.4 Å². The monoisotopic (exact) mass is 539 g/mol. The Balaban J connectivity index is 1.70. The molecule has 1 heterocycles. The Morgan fingerprint density at radius 1 is 0.972 bits per heavy atom. The zero-order valence-corrected chi connectivity index (χ0v) is 21.7. The van der Waals surface area contributed by atoms with Crippen LogP contribution in [0, 0.1) is 0 Å². The number of aliphatic carboxylic acids is 1. The average Bonchev–Trinajstić information content (AvgIpc) is 3.35. The number of carboxylic acids is 1. The first-order valence-corrected chi connectivity index (χ1v) is 12.7. The molecule has 5 nitrogen and oxygen atoms in total. The molecule has 0 aliphatic rings. The van der Waals surface area contributed by atoms with E-state index in [9.17, 15) is 14.7 Å². The van der Waals surface area contributed by atoms with E-state index < -0.39 is 17.9 Å². The third-order valence-corrected chi connectivity index (χ3v) is 7.36. The number of carbonyl (C=O) groups excluding carboxylic acids is 1. The lowest BCUT2D eigenvalue weighted by Crippen LogP contribution is -2.46. The maximum absolute atomic E-state index is 13.7. The summed E-state index contributed by atoms with van der Waals surface area (Å²) in [5.74, 6) is -0.830. The molecule has 0 bridgehead atoms. The highest BCUT2D eigenvalue weighted by Crippen LogP contribution is 2.32. The molecule has 8 heteroatoms. The van der Waals surface area contributed by atoms with E-state index in [1.807, 2.05) is 66.7 Å². The zero-order valence-electron chi connectivity index (χ0n) is 19.4. The molecule has 0 radical (unpaired) electrons. The number of methoxy groups -OCH3 is 1. The maximum Gasteiger partial charge on any atom is 0.326 e. The first kappa shape index (κ1) is 25.8. The second-order valence-electron chi connectivity index (χ2n) is 8.10. The summed E-state index contributed by atoms with van der Waals surface area (Å²) in [4.78, 5) is 29.3. The van der Waals surface area contributed by atoms with Crippen LogP contribution in [0.3, 0.4) is 0 Å². The normalized spacial score (nSPS) is 11.6. The summed E-state index contributed by atoms with van der Waals surface area (Å²) in [6, 6.07) is 24.3.